The van der Waals surface area contributed by atoms with Crippen molar-refractivity contribution in [3.8, 4) is 0 Å². The Balaban J connectivity index is 1.91. The van der Waals surface area contributed by atoms with E-state index in [9.17, 15) is 4.79 Å². The van der Waals surface area contributed by atoms with Gasteiger partial charge in [-0.2, -0.15) is 0 Å². The number of carbonyl (C=O) groups is 1. The third-order valence-electron chi connectivity index (χ3n) is 3.64. The summed E-state index contributed by atoms with van der Waals surface area (Å²) in [6.45, 7) is 6.64. The lowest BCUT2D eigenvalue weighted by Gasteiger charge is -2.35. The molecule has 1 atom stereocenters. The molecule has 0 saturated carbocycles. The summed E-state index contributed by atoms with van der Waals surface area (Å²) in [6.07, 6.45) is 7.65. The maximum Gasteiger partial charge on any atom is 0.166 e. The van der Waals surface area contributed by atoms with Crippen molar-refractivity contribution in [3.63, 3.8) is 0 Å². The van der Waals surface area contributed by atoms with Crippen molar-refractivity contribution in [2.24, 2.45) is 5.92 Å². The highest BCUT2D eigenvalue weighted by molar-refractivity contribution is 5.95. The fraction of sp³-hybridized carbons (Fsp3) is 0.643. The van der Waals surface area contributed by atoms with Gasteiger partial charge in [0.2, 0.25) is 0 Å². The fourth-order valence-corrected chi connectivity index (χ4v) is 2.56. The molecule has 1 aliphatic heterocycles. The predicted octanol–water partition coefficient (Wildman–Crippen LogP) is 2.17. The predicted molar refractivity (Wildman–Crippen MR) is 70.4 cm³/mol. The van der Waals surface area contributed by atoms with E-state index in [4.69, 9.17) is 0 Å². The molecule has 1 aromatic rings. The second kappa shape index (κ2) is 6.05. The number of piperidine rings is 1. The van der Waals surface area contributed by atoms with Gasteiger partial charge in [0.05, 0.1) is 5.56 Å². The van der Waals surface area contributed by atoms with Crippen LogP contribution < -0.4 is 0 Å². The normalized spacial score (nSPS) is 21.2. The Bertz CT molecular complexity index is 391. The van der Waals surface area contributed by atoms with Crippen molar-refractivity contribution in [1.82, 2.24) is 14.9 Å². The molecule has 0 spiro atoms. The minimum atomic E-state index is 0.172. The van der Waals surface area contributed by atoms with Gasteiger partial charge in [-0.3, -0.25) is 4.79 Å². The van der Waals surface area contributed by atoms with Gasteiger partial charge in [0.15, 0.2) is 5.78 Å². The fourth-order valence-electron chi connectivity index (χ4n) is 2.56. The summed E-state index contributed by atoms with van der Waals surface area (Å²) >= 11 is 0. The molecule has 98 valence electrons. The number of hydrogen-bond acceptors (Lipinski definition) is 4. The summed E-state index contributed by atoms with van der Waals surface area (Å²) in [7, 11) is 0. The summed E-state index contributed by atoms with van der Waals surface area (Å²) in [5.41, 5.74) is 0.638. The van der Waals surface area contributed by atoms with Crippen molar-refractivity contribution < 1.29 is 4.79 Å². The first-order valence-corrected chi connectivity index (χ1v) is 6.69. The van der Waals surface area contributed by atoms with E-state index in [1.165, 1.54) is 12.7 Å². The first kappa shape index (κ1) is 13.1. The molecule has 0 amide bonds. The standard InChI is InChI=1S/C14H21N3O/c1-11(2)17-5-3-4-12(9-17)6-14(18)13-7-15-10-16-8-13/h7-8,10-12H,3-6,9H2,1-2H3/t12-/m0/s1. The molecule has 0 unspecified atom stereocenters. The first-order valence-electron chi connectivity index (χ1n) is 6.69. The smallest absolute Gasteiger partial charge is 0.166 e. The second-order valence-corrected chi connectivity index (χ2v) is 5.35. The highest BCUT2D eigenvalue weighted by atomic mass is 16.1. The van der Waals surface area contributed by atoms with E-state index in [-0.39, 0.29) is 5.78 Å². The van der Waals surface area contributed by atoms with Gasteiger partial charge >= 0.3 is 0 Å². The second-order valence-electron chi connectivity index (χ2n) is 5.35. The number of rotatable bonds is 4. The Labute approximate surface area is 108 Å². The molecule has 2 heterocycles. The van der Waals surface area contributed by atoms with Gasteiger partial charge in [0, 0.05) is 31.4 Å². The van der Waals surface area contributed by atoms with E-state index < -0.39 is 0 Å². The zero-order chi connectivity index (χ0) is 13.0. The van der Waals surface area contributed by atoms with Crippen LogP contribution in [-0.4, -0.2) is 39.8 Å². The molecule has 0 bridgehead atoms. The van der Waals surface area contributed by atoms with Crippen LogP contribution in [0.1, 0.15) is 43.5 Å². The third kappa shape index (κ3) is 3.35. The number of carbonyl (C=O) groups excluding carboxylic acids is 1. The van der Waals surface area contributed by atoms with Gasteiger partial charge in [-0.15, -0.1) is 0 Å². The zero-order valence-corrected chi connectivity index (χ0v) is 11.2. The van der Waals surface area contributed by atoms with Crippen molar-refractivity contribution in [1.29, 1.82) is 0 Å². The van der Waals surface area contributed by atoms with Crippen LogP contribution in [0.15, 0.2) is 18.7 Å². The Hall–Kier alpha value is -1.29. The Morgan fingerprint density at radius 3 is 2.83 bits per heavy atom. The lowest BCUT2D eigenvalue weighted by Crippen LogP contribution is -2.40. The summed E-state index contributed by atoms with van der Waals surface area (Å²) in [5, 5.41) is 0. The number of Topliss-reactive ketones (excluding diaryl/α,β-unsaturated/α-hetero) is 1. The molecule has 2 rings (SSSR count). The lowest BCUT2D eigenvalue weighted by molar-refractivity contribution is 0.0889. The van der Waals surface area contributed by atoms with E-state index in [1.807, 2.05) is 0 Å². The average Bonchev–Trinajstić information content (AvgIpc) is 2.40. The minimum Gasteiger partial charge on any atom is -0.301 e. The number of hydrogen-bond donors (Lipinski definition) is 0. The van der Waals surface area contributed by atoms with Crippen LogP contribution in [0.4, 0.5) is 0 Å². The van der Waals surface area contributed by atoms with Gasteiger partial charge in [0.1, 0.15) is 6.33 Å². The molecule has 18 heavy (non-hydrogen) atoms. The number of nitrogens with zero attached hydrogens (tertiary/aromatic N) is 3. The molecule has 4 heteroatoms. The quantitative estimate of drug-likeness (QED) is 0.765. The van der Waals surface area contributed by atoms with E-state index in [2.05, 4.69) is 28.7 Å². The van der Waals surface area contributed by atoms with Crippen LogP contribution in [0.3, 0.4) is 0 Å². The molecule has 1 aromatic heterocycles. The molecule has 1 saturated heterocycles. The van der Waals surface area contributed by atoms with E-state index in [0.29, 0.717) is 23.9 Å². The minimum absolute atomic E-state index is 0.172. The number of aromatic nitrogens is 2. The van der Waals surface area contributed by atoms with Crippen LogP contribution >= 0.6 is 0 Å². The summed E-state index contributed by atoms with van der Waals surface area (Å²) in [5.74, 6) is 0.653. The average molecular weight is 247 g/mol. The van der Waals surface area contributed by atoms with Crippen molar-refractivity contribution >= 4 is 5.78 Å². The largest absolute Gasteiger partial charge is 0.301 e. The van der Waals surface area contributed by atoms with Gasteiger partial charge < -0.3 is 4.90 Å². The maximum atomic E-state index is 12.1. The third-order valence-corrected chi connectivity index (χ3v) is 3.64. The monoisotopic (exact) mass is 247 g/mol. The number of ketones is 1. The molecular formula is C14H21N3O. The van der Waals surface area contributed by atoms with E-state index in [0.717, 1.165) is 19.5 Å². The molecule has 0 aliphatic carbocycles. The van der Waals surface area contributed by atoms with Gasteiger partial charge in [-0.1, -0.05) is 0 Å². The van der Waals surface area contributed by atoms with Crippen molar-refractivity contribution in [2.75, 3.05) is 13.1 Å². The molecule has 0 N–H and O–H groups in total. The van der Waals surface area contributed by atoms with Gasteiger partial charge in [-0.25, -0.2) is 9.97 Å². The zero-order valence-electron chi connectivity index (χ0n) is 11.2. The van der Waals surface area contributed by atoms with Crippen LogP contribution in [0.2, 0.25) is 0 Å². The Morgan fingerprint density at radius 1 is 1.44 bits per heavy atom. The summed E-state index contributed by atoms with van der Waals surface area (Å²) in [4.78, 5) is 22.4. The first-order chi connectivity index (χ1) is 8.66. The Kier molecular flexibility index (Phi) is 4.42. The van der Waals surface area contributed by atoms with Gasteiger partial charge in [0.25, 0.3) is 0 Å². The number of likely N-dealkylation sites (tertiary alicyclic amines) is 1. The lowest BCUT2D eigenvalue weighted by atomic mass is 9.91. The molecule has 1 fully saturated rings. The SMILES string of the molecule is CC(C)N1CCC[C@@H](CC(=O)c2cncnc2)C1. The van der Waals surface area contributed by atoms with Crippen LogP contribution in [-0.2, 0) is 0 Å². The molecule has 0 aromatic carbocycles. The molecular weight excluding hydrogens is 226 g/mol. The molecule has 4 nitrogen and oxygen atoms in total. The molecule has 0 radical (unpaired) electrons. The van der Waals surface area contributed by atoms with E-state index in [1.54, 1.807) is 12.4 Å². The summed E-state index contributed by atoms with van der Waals surface area (Å²) in [6, 6.07) is 0.572. The highest BCUT2D eigenvalue weighted by Crippen LogP contribution is 2.22. The van der Waals surface area contributed by atoms with Gasteiger partial charge in [-0.05, 0) is 39.2 Å². The van der Waals surface area contributed by atoms with Crippen molar-refractivity contribution in [3.05, 3.63) is 24.3 Å². The van der Waals surface area contributed by atoms with Crippen LogP contribution in [0.5, 0.6) is 0 Å². The topological polar surface area (TPSA) is 46.1 Å². The Morgan fingerprint density at radius 2 is 2.17 bits per heavy atom. The summed E-state index contributed by atoms with van der Waals surface area (Å²) < 4.78 is 0. The van der Waals surface area contributed by atoms with Crippen LogP contribution in [0.25, 0.3) is 0 Å². The maximum absolute atomic E-state index is 12.1. The molecule has 1 aliphatic rings. The van der Waals surface area contributed by atoms with E-state index >= 15 is 0 Å². The van der Waals surface area contributed by atoms with Crippen molar-refractivity contribution in [2.45, 2.75) is 39.2 Å². The van der Waals surface area contributed by atoms with Crippen LogP contribution in [0, 0.1) is 5.92 Å². The highest BCUT2D eigenvalue weighted by Gasteiger charge is 2.24.